The van der Waals surface area contributed by atoms with Gasteiger partial charge in [-0.2, -0.15) is 5.10 Å². The molecule has 6 nitrogen and oxygen atoms in total. The molecule has 0 spiro atoms. The second-order valence-electron chi connectivity index (χ2n) is 6.09. The van der Waals surface area contributed by atoms with E-state index < -0.39 is 0 Å². The van der Waals surface area contributed by atoms with Gasteiger partial charge in [0.15, 0.2) is 10.8 Å². The van der Waals surface area contributed by atoms with Gasteiger partial charge in [-0.1, -0.05) is 42.1 Å². The second kappa shape index (κ2) is 7.01. The quantitative estimate of drug-likeness (QED) is 0.541. The molecule has 1 aromatic carbocycles. The molecule has 0 amide bonds. The molecule has 1 unspecified atom stereocenters. The first-order valence-corrected chi connectivity index (χ1v) is 9.69. The van der Waals surface area contributed by atoms with Gasteiger partial charge in [0.25, 0.3) is 0 Å². The third-order valence-electron chi connectivity index (χ3n) is 4.47. The number of benzene rings is 1. The van der Waals surface area contributed by atoms with Crippen molar-refractivity contribution in [1.82, 2.24) is 20.2 Å². The zero-order valence-corrected chi connectivity index (χ0v) is 15.2. The van der Waals surface area contributed by atoms with Crippen molar-refractivity contribution >= 4 is 28.6 Å². The fourth-order valence-electron chi connectivity index (χ4n) is 3.31. The monoisotopic (exact) mass is 355 g/mol. The van der Waals surface area contributed by atoms with Crippen molar-refractivity contribution in [2.24, 2.45) is 0 Å². The highest BCUT2D eigenvalue weighted by Crippen LogP contribution is 2.37. The van der Waals surface area contributed by atoms with Crippen LogP contribution in [0.3, 0.4) is 0 Å². The van der Waals surface area contributed by atoms with Crippen molar-refractivity contribution in [2.45, 2.75) is 24.5 Å². The summed E-state index contributed by atoms with van der Waals surface area (Å²) in [5, 5.41) is 9.39. The molecular weight excluding hydrogens is 334 g/mol. The normalized spacial score (nSPS) is 16.6. The Kier molecular flexibility index (Phi) is 4.59. The molecular formula is C18H21N5OS. The summed E-state index contributed by atoms with van der Waals surface area (Å²) < 4.78 is 5.71. The van der Waals surface area contributed by atoms with Crippen LogP contribution in [0.1, 0.15) is 24.1 Å². The van der Waals surface area contributed by atoms with Gasteiger partial charge in [-0.3, -0.25) is 5.10 Å². The Morgan fingerprint density at radius 3 is 2.88 bits per heavy atom. The first kappa shape index (κ1) is 16.4. The van der Waals surface area contributed by atoms with E-state index in [4.69, 9.17) is 9.72 Å². The van der Waals surface area contributed by atoms with Crippen LogP contribution >= 0.6 is 11.8 Å². The SMILES string of the molecule is CCOCC1CN(Cc2ccccc2)c2nc(SC)nc3n[nH]c1c23. The fraction of sp³-hybridized carbons (Fsp3) is 0.389. The molecule has 1 aliphatic rings. The molecule has 0 saturated heterocycles. The summed E-state index contributed by atoms with van der Waals surface area (Å²) in [6, 6.07) is 10.5. The highest BCUT2D eigenvalue weighted by Gasteiger charge is 2.31. The predicted octanol–water partition coefficient (Wildman–Crippen LogP) is 3.22. The van der Waals surface area contributed by atoms with Gasteiger partial charge in [0.05, 0.1) is 17.7 Å². The molecule has 0 bridgehead atoms. The van der Waals surface area contributed by atoms with Crippen LogP contribution in [0, 0.1) is 0 Å². The summed E-state index contributed by atoms with van der Waals surface area (Å²) in [5.41, 5.74) is 3.10. The van der Waals surface area contributed by atoms with E-state index in [9.17, 15) is 0 Å². The zero-order valence-electron chi connectivity index (χ0n) is 14.4. The van der Waals surface area contributed by atoms with E-state index >= 15 is 0 Å². The number of thioether (sulfide) groups is 1. The van der Waals surface area contributed by atoms with Crippen molar-refractivity contribution in [2.75, 3.05) is 30.9 Å². The number of anilines is 1. The summed E-state index contributed by atoms with van der Waals surface area (Å²) in [7, 11) is 0. The molecule has 4 rings (SSSR count). The maximum absolute atomic E-state index is 5.71. The molecule has 25 heavy (non-hydrogen) atoms. The van der Waals surface area contributed by atoms with E-state index in [0.29, 0.717) is 13.2 Å². The number of aromatic nitrogens is 4. The van der Waals surface area contributed by atoms with Crippen LogP contribution in [0.15, 0.2) is 35.5 Å². The number of rotatable bonds is 6. The molecule has 130 valence electrons. The van der Waals surface area contributed by atoms with Crippen LogP contribution < -0.4 is 4.90 Å². The lowest BCUT2D eigenvalue weighted by atomic mass is 9.98. The van der Waals surface area contributed by atoms with Gasteiger partial charge in [0, 0.05) is 25.6 Å². The molecule has 0 saturated carbocycles. The van der Waals surface area contributed by atoms with E-state index in [1.54, 1.807) is 11.8 Å². The Morgan fingerprint density at radius 1 is 1.28 bits per heavy atom. The third-order valence-corrected chi connectivity index (χ3v) is 5.02. The highest BCUT2D eigenvalue weighted by atomic mass is 32.2. The number of hydrogen-bond acceptors (Lipinski definition) is 6. The fourth-order valence-corrected chi connectivity index (χ4v) is 3.66. The van der Waals surface area contributed by atoms with Crippen molar-refractivity contribution in [1.29, 1.82) is 0 Å². The molecule has 1 aliphatic heterocycles. The Labute approximate surface area is 151 Å². The first-order chi connectivity index (χ1) is 12.3. The topological polar surface area (TPSA) is 66.9 Å². The minimum atomic E-state index is 0.241. The zero-order chi connectivity index (χ0) is 17.2. The number of aromatic amines is 1. The summed E-state index contributed by atoms with van der Waals surface area (Å²) in [6.07, 6.45) is 1.99. The van der Waals surface area contributed by atoms with Crippen LogP contribution in [0.4, 0.5) is 5.82 Å². The first-order valence-electron chi connectivity index (χ1n) is 8.46. The van der Waals surface area contributed by atoms with E-state index in [0.717, 1.165) is 40.8 Å². The van der Waals surface area contributed by atoms with Gasteiger partial charge in [0.2, 0.25) is 0 Å². The van der Waals surface area contributed by atoms with E-state index in [1.165, 1.54) is 5.56 Å². The van der Waals surface area contributed by atoms with E-state index in [1.807, 2.05) is 19.2 Å². The maximum atomic E-state index is 5.71. The van der Waals surface area contributed by atoms with Gasteiger partial charge in [-0.25, -0.2) is 9.97 Å². The molecule has 0 aliphatic carbocycles. The van der Waals surface area contributed by atoms with Gasteiger partial charge in [-0.15, -0.1) is 0 Å². The molecule has 0 fully saturated rings. The van der Waals surface area contributed by atoms with Crippen molar-refractivity contribution < 1.29 is 4.74 Å². The third kappa shape index (κ3) is 3.09. The number of H-pyrrole nitrogens is 1. The van der Waals surface area contributed by atoms with Crippen molar-refractivity contribution in [3.05, 3.63) is 41.6 Å². The van der Waals surface area contributed by atoms with Crippen LogP contribution in [0.2, 0.25) is 0 Å². The summed E-state index contributed by atoms with van der Waals surface area (Å²) in [5.74, 6) is 1.21. The summed E-state index contributed by atoms with van der Waals surface area (Å²) >= 11 is 1.54. The maximum Gasteiger partial charge on any atom is 0.191 e. The van der Waals surface area contributed by atoms with Gasteiger partial charge in [0.1, 0.15) is 5.82 Å². The van der Waals surface area contributed by atoms with Crippen molar-refractivity contribution in [3.8, 4) is 0 Å². The highest BCUT2D eigenvalue weighted by molar-refractivity contribution is 7.98. The smallest absolute Gasteiger partial charge is 0.191 e. The van der Waals surface area contributed by atoms with Crippen LogP contribution in [0.5, 0.6) is 0 Å². The second-order valence-corrected chi connectivity index (χ2v) is 6.87. The summed E-state index contributed by atoms with van der Waals surface area (Å²) in [4.78, 5) is 11.7. The molecule has 3 aromatic rings. The largest absolute Gasteiger partial charge is 0.381 e. The van der Waals surface area contributed by atoms with Gasteiger partial charge >= 0.3 is 0 Å². The molecule has 7 heteroatoms. The molecule has 3 heterocycles. The van der Waals surface area contributed by atoms with Crippen LogP contribution in [-0.2, 0) is 11.3 Å². The molecule has 2 aromatic heterocycles. The standard InChI is InChI=1S/C18H21N5OS/c1-3-24-11-13-10-23(9-12-7-5-4-6-8-12)17-14-15(13)21-22-16(14)19-18(20-17)25-2/h4-8,13H,3,9-11H2,1-2H3,(H,19,20,21,22). The Bertz CT molecular complexity index is 867. The molecule has 1 N–H and O–H groups in total. The van der Waals surface area contributed by atoms with Gasteiger partial charge in [-0.05, 0) is 18.7 Å². The van der Waals surface area contributed by atoms with E-state index in [2.05, 4.69) is 44.3 Å². The molecule has 0 radical (unpaired) electrons. The van der Waals surface area contributed by atoms with E-state index in [-0.39, 0.29) is 5.92 Å². The van der Waals surface area contributed by atoms with Crippen LogP contribution in [0.25, 0.3) is 11.0 Å². The lowest BCUT2D eigenvalue weighted by Crippen LogP contribution is -2.34. The predicted molar refractivity (Wildman–Crippen MR) is 100 cm³/mol. The average molecular weight is 355 g/mol. The molecule has 1 atom stereocenters. The van der Waals surface area contributed by atoms with Crippen LogP contribution in [-0.4, -0.2) is 46.2 Å². The number of hydrogen-bond donors (Lipinski definition) is 1. The average Bonchev–Trinajstić information content (AvgIpc) is 3.08. The summed E-state index contributed by atoms with van der Waals surface area (Å²) in [6.45, 7) is 5.07. The Hall–Kier alpha value is -2.12. The Balaban J connectivity index is 1.78. The number of nitrogens with one attached hydrogen (secondary N) is 1. The lowest BCUT2D eigenvalue weighted by Gasteiger charge is -2.33. The van der Waals surface area contributed by atoms with Crippen molar-refractivity contribution in [3.63, 3.8) is 0 Å². The minimum Gasteiger partial charge on any atom is -0.381 e. The Morgan fingerprint density at radius 2 is 2.12 bits per heavy atom. The lowest BCUT2D eigenvalue weighted by molar-refractivity contribution is 0.132. The minimum absolute atomic E-state index is 0.241. The number of ether oxygens (including phenoxy) is 1. The van der Waals surface area contributed by atoms with Gasteiger partial charge < -0.3 is 9.64 Å². The number of nitrogens with zero attached hydrogens (tertiary/aromatic N) is 4.